The smallest absolute Gasteiger partial charge is 0.134 e. The van der Waals surface area contributed by atoms with E-state index in [1.165, 1.54) is 17.0 Å². The minimum atomic E-state index is -0.497. The normalized spacial score (nSPS) is 12.7. The van der Waals surface area contributed by atoms with Gasteiger partial charge in [-0.1, -0.05) is 13.0 Å². The summed E-state index contributed by atoms with van der Waals surface area (Å²) < 4.78 is 28.5. The van der Waals surface area contributed by atoms with Crippen LogP contribution in [0.15, 0.2) is 18.2 Å². The van der Waals surface area contributed by atoms with Crippen molar-refractivity contribution in [3.05, 3.63) is 56.3 Å². The summed E-state index contributed by atoms with van der Waals surface area (Å²) in [5.41, 5.74) is 1.74. The van der Waals surface area contributed by atoms with Crippen molar-refractivity contribution in [3.8, 4) is 0 Å². The van der Waals surface area contributed by atoms with Gasteiger partial charge in [-0.05, 0) is 50.6 Å². The van der Waals surface area contributed by atoms with E-state index < -0.39 is 17.7 Å². The van der Waals surface area contributed by atoms with Crippen LogP contribution in [-0.2, 0) is 0 Å². The minimum Gasteiger partial charge on any atom is -0.306 e. The van der Waals surface area contributed by atoms with Crippen molar-refractivity contribution in [2.24, 2.45) is 0 Å². The summed E-state index contributed by atoms with van der Waals surface area (Å²) in [7, 11) is 0. The number of rotatable bonds is 4. The zero-order chi connectivity index (χ0) is 14.9. The van der Waals surface area contributed by atoms with E-state index in [9.17, 15) is 8.78 Å². The Labute approximate surface area is 122 Å². The highest BCUT2D eigenvalue weighted by molar-refractivity contribution is 7.12. The molecule has 0 fully saturated rings. The molecule has 1 unspecified atom stereocenters. The molecule has 2 aromatic rings. The van der Waals surface area contributed by atoms with Crippen LogP contribution in [0, 0.1) is 32.4 Å². The van der Waals surface area contributed by atoms with E-state index in [1.54, 1.807) is 18.3 Å². The Bertz CT molecular complexity index is 600. The van der Waals surface area contributed by atoms with Crippen molar-refractivity contribution in [2.45, 2.75) is 33.7 Å². The first-order valence-corrected chi connectivity index (χ1v) is 7.52. The Hall–Kier alpha value is -1.26. The molecule has 0 saturated carbocycles. The topological polar surface area (TPSA) is 12.0 Å². The van der Waals surface area contributed by atoms with Gasteiger partial charge in [0.05, 0.1) is 6.04 Å². The predicted molar refractivity (Wildman–Crippen MR) is 80.4 cm³/mol. The Morgan fingerprint density at radius 2 is 1.85 bits per heavy atom. The molecule has 0 saturated heterocycles. The van der Waals surface area contributed by atoms with Gasteiger partial charge in [-0.3, -0.25) is 0 Å². The van der Waals surface area contributed by atoms with Crippen molar-refractivity contribution in [1.82, 2.24) is 5.32 Å². The Kier molecular flexibility index (Phi) is 4.55. The number of nitrogens with one attached hydrogen (secondary N) is 1. The largest absolute Gasteiger partial charge is 0.306 e. The van der Waals surface area contributed by atoms with Crippen LogP contribution in [0.1, 0.15) is 39.4 Å². The van der Waals surface area contributed by atoms with Crippen molar-refractivity contribution in [2.75, 3.05) is 6.54 Å². The molecule has 2 rings (SSSR count). The highest BCUT2D eigenvalue weighted by Crippen LogP contribution is 2.34. The van der Waals surface area contributed by atoms with Gasteiger partial charge >= 0.3 is 0 Å². The van der Waals surface area contributed by atoms with E-state index in [4.69, 9.17) is 0 Å². The third-order valence-electron chi connectivity index (χ3n) is 3.49. The Morgan fingerprint density at radius 3 is 2.40 bits per heavy atom. The molecular weight excluding hydrogens is 276 g/mol. The SMILES string of the molecule is CCNC(c1cc(C)c(C)s1)c1c(F)ccc(C)c1F. The fourth-order valence-corrected chi connectivity index (χ4v) is 3.36. The van der Waals surface area contributed by atoms with Crippen molar-refractivity contribution < 1.29 is 8.78 Å². The van der Waals surface area contributed by atoms with Crippen LogP contribution >= 0.6 is 11.3 Å². The lowest BCUT2D eigenvalue weighted by molar-refractivity contribution is 0.509. The highest BCUT2D eigenvalue weighted by Gasteiger charge is 2.24. The molecule has 0 aliphatic carbocycles. The molecule has 0 bridgehead atoms. The van der Waals surface area contributed by atoms with Crippen molar-refractivity contribution in [3.63, 3.8) is 0 Å². The Morgan fingerprint density at radius 1 is 1.15 bits per heavy atom. The third kappa shape index (κ3) is 2.76. The summed E-state index contributed by atoms with van der Waals surface area (Å²) in [6.07, 6.45) is 0. The number of thiophene rings is 1. The molecule has 1 heterocycles. The second-order valence-corrected chi connectivity index (χ2v) is 6.26. The lowest BCUT2D eigenvalue weighted by Gasteiger charge is -2.19. The second-order valence-electron chi connectivity index (χ2n) is 4.97. The fourth-order valence-electron chi connectivity index (χ4n) is 2.24. The molecule has 0 spiro atoms. The van der Waals surface area contributed by atoms with Gasteiger partial charge < -0.3 is 5.32 Å². The third-order valence-corrected chi connectivity index (χ3v) is 4.70. The molecule has 0 amide bonds. The zero-order valence-corrected chi connectivity index (χ0v) is 13.0. The summed E-state index contributed by atoms with van der Waals surface area (Å²) in [6.45, 7) is 8.28. The van der Waals surface area contributed by atoms with Gasteiger partial charge in [0, 0.05) is 15.3 Å². The van der Waals surface area contributed by atoms with Gasteiger partial charge in [-0.15, -0.1) is 11.3 Å². The van der Waals surface area contributed by atoms with E-state index in [0.717, 1.165) is 10.4 Å². The zero-order valence-electron chi connectivity index (χ0n) is 12.2. The van der Waals surface area contributed by atoms with Gasteiger partial charge in [0.15, 0.2) is 0 Å². The molecule has 1 N–H and O–H groups in total. The molecular formula is C16H19F2NS. The molecule has 0 aliphatic heterocycles. The molecule has 108 valence electrons. The van der Waals surface area contributed by atoms with Crippen LogP contribution < -0.4 is 5.32 Å². The van der Waals surface area contributed by atoms with Crippen LogP contribution in [0.25, 0.3) is 0 Å². The van der Waals surface area contributed by atoms with Gasteiger partial charge in [0.2, 0.25) is 0 Å². The highest BCUT2D eigenvalue weighted by atomic mass is 32.1. The number of aryl methyl sites for hydroxylation is 3. The average Bonchev–Trinajstić information content (AvgIpc) is 2.73. The van der Waals surface area contributed by atoms with Crippen LogP contribution in [0.4, 0.5) is 8.78 Å². The molecule has 0 aliphatic rings. The number of benzene rings is 1. The van der Waals surface area contributed by atoms with Crippen LogP contribution in [0.2, 0.25) is 0 Å². The average molecular weight is 295 g/mol. The summed E-state index contributed by atoms with van der Waals surface area (Å²) in [5.74, 6) is -0.956. The monoisotopic (exact) mass is 295 g/mol. The molecule has 4 heteroatoms. The summed E-state index contributed by atoms with van der Waals surface area (Å²) in [4.78, 5) is 2.13. The van der Waals surface area contributed by atoms with E-state index >= 15 is 0 Å². The first-order chi connectivity index (χ1) is 9.45. The maximum absolute atomic E-state index is 14.4. The standard InChI is InChI=1S/C16H19F2NS/c1-5-19-16(13-8-10(3)11(4)20-13)14-12(17)7-6-9(2)15(14)18/h6-8,16,19H,5H2,1-4H3. The number of hydrogen-bond donors (Lipinski definition) is 1. The fraction of sp³-hybridized carbons (Fsp3) is 0.375. The van der Waals surface area contributed by atoms with Crippen molar-refractivity contribution >= 4 is 11.3 Å². The molecule has 1 aromatic carbocycles. The maximum atomic E-state index is 14.4. The Balaban J connectivity index is 2.57. The maximum Gasteiger partial charge on any atom is 0.134 e. The second kappa shape index (κ2) is 6.02. The van der Waals surface area contributed by atoms with Gasteiger partial charge in [0.25, 0.3) is 0 Å². The van der Waals surface area contributed by atoms with E-state index in [2.05, 4.69) is 5.32 Å². The van der Waals surface area contributed by atoms with Crippen LogP contribution in [0.3, 0.4) is 0 Å². The van der Waals surface area contributed by atoms with Crippen LogP contribution in [-0.4, -0.2) is 6.54 Å². The predicted octanol–water partition coefficient (Wildman–Crippen LogP) is 4.65. The summed E-state index contributed by atoms with van der Waals surface area (Å²) in [5, 5.41) is 3.20. The first kappa shape index (κ1) is 15.1. The van der Waals surface area contributed by atoms with E-state index in [0.29, 0.717) is 12.1 Å². The van der Waals surface area contributed by atoms with Crippen LogP contribution in [0.5, 0.6) is 0 Å². The molecule has 1 atom stereocenters. The van der Waals surface area contributed by atoms with E-state index in [1.807, 2.05) is 26.8 Å². The lowest BCUT2D eigenvalue weighted by Crippen LogP contribution is -2.23. The van der Waals surface area contributed by atoms with Gasteiger partial charge in [-0.2, -0.15) is 0 Å². The van der Waals surface area contributed by atoms with Gasteiger partial charge in [-0.25, -0.2) is 8.78 Å². The minimum absolute atomic E-state index is 0.119. The quantitative estimate of drug-likeness (QED) is 0.865. The molecule has 1 nitrogen and oxygen atoms in total. The molecule has 0 radical (unpaired) electrons. The summed E-state index contributed by atoms with van der Waals surface area (Å²) in [6, 6.07) is 4.39. The van der Waals surface area contributed by atoms with Crippen molar-refractivity contribution in [1.29, 1.82) is 0 Å². The number of hydrogen-bond acceptors (Lipinski definition) is 2. The van der Waals surface area contributed by atoms with E-state index in [-0.39, 0.29) is 5.56 Å². The lowest BCUT2D eigenvalue weighted by atomic mass is 10.0. The van der Waals surface area contributed by atoms with Gasteiger partial charge in [0.1, 0.15) is 11.6 Å². The first-order valence-electron chi connectivity index (χ1n) is 6.70. The summed E-state index contributed by atoms with van der Waals surface area (Å²) >= 11 is 1.58. The molecule has 1 aromatic heterocycles. The number of halogens is 2. The molecule has 20 heavy (non-hydrogen) atoms.